The number of carboxylic acids is 1. The van der Waals surface area contributed by atoms with Crippen LogP contribution in [0.3, 0.4) is 0 Å². The van der Waals surface area contributed by atoms with Gasteiger partial charge in [-0.1, -0.05) is 23.2 Å². The molecule has 0 bridgehead atoms. The van der Waals surface area contributed by atoms with Gasteiger partial charge in [-0.25, -0.2) is 4.79 Å². The van der Waals surface area contributed by atoms with Crippen LogP contribution in [-0.4, -0.2) is 36.1 Å². The second-order valence-electron chi connectivity index (χ2n) is 3.77. The Bertz CT molecular complexity index is 547. The third-order valence-corrected chi connectivity index (χ3v) is 2.94. The highest BCUT2D eigenvalue weighted by atomic mass is 35.5. The van der Waals surface area contributed by atoms with E-state index in [4.69, 9.17) is 28.3 Å². The highest BCUT2D eigenvalue weighted by molar-refractivity contribution is 6.35. The summed E-state index contributed by atoms with van der Waals surface area (Å²) in [6.45, 7) is 0. The first-order chi connectivity index (χ1) is 9.35. The zero-order valence-corrected chi connectivity index (χ0v) is 11.9. The van der Waals surface area contributed by atoms with Crippen LogP contribution in [0.15, 0.2) is 18.2 Å². The summed E-state index contributed by atoms with van der Waals surface area (Å²) in [6, 6.07) is 2.79. The fraction of sp³-hybridized carbons (Fsp3) is 0.250. The minimum atomic E-state index is -1.41. The summed E-state index contributed by atoms with van der Waals surface area (Å²) in [7, 11) is 1.12. The van der Waals surface area contributed by atoms with E-state index < -0.39 is 30.3 Å². The van der Waals surface area contributed by atoms with E-state index in [1.165, 1.54) is 18.2 Å². The van der Waals surface area contributed by atoms with Crippen molar-refractivity contribution in [3.63, 3.8) is 0 Å². The summed E-state index contributed by atoms with van der Waals surface area (Å²) < 4.78 is 4.36. The van der Waals surface area contributed by atoms with Crippen molar-refractivity contribution in [1.29, 1.82) is 0 Å². The SMILES string of the molecule is COC(=O)C[C@H](NC(=O)c1cc(Cl)ccc1Cl)C(=O)O. The van der Waals surface area contributed by atoms with Crippen molar-refractivity contribution in [1.82, 2.24) is 5.32 Å². The van der Waals surface area contributed by atoms with Crippen LogP contribution in [0.4, 0.5) is 0 Å². The number of methoxy groups -OCH3 is 1. The van der Waals surface area contributed by atoms with E-state index in [0.29, 0.717) is 0 Å². The van der Waals surface area contributed by atoms with E-state index in [0.717, 1.165) is 7.11 Å². The van der Waals surface area contributed by atoms with Gasteiger partial charge in [-0.3, -0.25) is 9.59 Å². The summed E-state index contributed by atoms with van der Waals surface area (Å²) in [4.78, 5) is 34.0. The van der Waals surface area contributed by atoms with Crippen molar-refractivity contribution in [3.8, 4) is 0 Å². The van der Waals surface area contributed by atoms with Gasteiger partial charge in [0.15, 0.2) is 0 Å². The quantitative estimate of drug-likeness (QED) is 0.806. The molecule has 0 radical (unpaired) electrons. The van der Waals surface area contributed by atoms with E-state index in [2.05, 4.69) is 10.1 Å². The molecular formula is C12H11Cl2NO5. The molecule has 1 rings (SSSR count). The number of nitrogens with one attached hydrogen (secondary N) is 1. The summed E-state index contributed by atoms with van der Waals surface area (Å²) in [5.41, 5.74) is 0.0234. The number of esters is 1. The van der Waals surface area contributed by atoms with E-state index in [1.54, 1.807) is 0 Å². The number of ether oxygens (including phenoxy) is 1. The van der Waals surface area contributed by atoms with Crippen LogP contribution >= 0.6 is 23.2 Å². The van der Waals surface area contributed by atoms with Crippen molar-refractivity contribution in [3.05, 3.63) is 33.8 Å². The lowest BCUT2D eigenvalue weighted by atomic mass is 10.1. The number of carbonyl (C=O) groups is 3. The van der Waals surface area contributed by atoms with Crippen LogP contribution < -0.4 is 5.32 Å². The minimum absolute atomic E-state index is 0.0234. The molecule has 20 heavy (non-hydrogen) atoms. The van der Waals surface area contributed by atoms with Gasteiger partial charge < -0.3 is 15.2 Å². The van der Waals surface area contributed by atoms with Gasteiger partial charge in [-0.15, -0.1) is 0 Å². The van der Waals surface area contributed by atoms with E-state index in [9.17, 15) is 14.4 Å². The molecule has 0 unspecified atom stereocenters. The Labute approximate surface area is 124 Å². The van der Waals surface area contributed by atoms with Gasteiger partial charge in [0.25, 0.3) is 5.91 Å². The predicted molar refractivity (Wildman–Crippen MR) is 72.0 cm³/mol. The van der Waals surface area contributed by atoms with Crippen LogP contribution in [0, 0.1) is 0 Å². The van der Waals surface area contributed by atoms with Crippen molar-refractivity contribution in [2.45, 2.75) is 12.5 Å². The van der Waals surface area contributed by atoms with Crippen molar-refractivity contribution in [2.24, 2.45) is 0 Å². The highest BCUT2D eigenvalue weighted by Crippen LogP contribution is 2.20. The Kier molecular flexibility index (Phi) is 5.79. The number of carbonyl (C=O) groups excluding carboxylic acids is 2. The molecule has 0 spiro atoms. The number of carboxylic acid groups (broad SMARTS) is 1. The van der Waals surface area contributed by atoms with E-state index in [1.807, 2.05) is 0 Å². The zero-order valence-electron chi connectivity index (χ0n) is 10.4. The highest BCUT2D eigenvalue weighted by Gasteiger charge is 2.25. The number of aliphatic carboxylic acids is 1. The Morgan fingerprint density at radius 3 is 2.55 bits per heavy atom. The second kappa shape index (κ2) is 7.12. The van der Waals surface area contributed by atoms with Crippen molar-refractivity contribution in [2.75, 3.05) is 7.11 Å². The van der Waals surface area contributed by atoms with Gasteiger partial charge in [0.1, 0.15) is 6.04 Å². The molecule has 0 heterocycles. The molecule has 0 aliphatic rings. The lowest BCUT2D eigenvalue weighted by Gasteiger charge is -2.14. The molecule has 1 aromatic rings. The molecule has 0 saturated carbocycles. The normalized spacial score (nSPS) is 11.6. The number of rotatable bonds is 5. The largest absolute Gasteiger partial charge is 0.480 e. The monoisotopic (exact) mass is 319 g/mol. The van der Waals surface area contributed by atoms with Gasteiger partial charge in [0.05, 0.1) is 24.1 Å². The third kappa shape index (κ3) is 4.40. The van der Waals surface area contributed by atoms with Crippen LogP contribution in [0.1, 0.15) is 16.8 Å². The number of hydrogen-bond donors (Lipinski definition) is 2. The fourth-order valence-corrected chi connectivity index (χ4v) is 1.73. The molecule has 2 N–H and O–H groups in total. The molecule has 1 atom stereocenters. The second-order valence-corrected chi connectivity index (χ2v) is 4.61. The van der Waals surface area contributed by atoms with Gasteiger partial charge >= 0.3 is 11.9 Å². The smallest absolute Gasteiger partial charge is 0.326 e. The van der Waals surface area contributed by atoms with Crippen molar-refractivity contribution >= 4 is 41.0 Å². The molecule has 0 fully saturated rings. The summed E-state index contributed by atoms with van der Waals surface area (Å²) in [5, 5.41) is 11.5. The molecule has 0 aromatic heterocycles. The first-order valence-corrected chi connectivity index (χ1v) is 6.16. The Morgan fingerprint density at radius 2 is 2.00 bits per heavy atom. The van der Waals surface area contributed by atoms with Crippen LogP contribution in [0.5, 0.6) is 0 Å². The Hall–Kier alpha value is -1.79. The zero-order chi connectivity index (χ0) is 15.3. The molecule has 6 nitrogen and oxygen atoms in total. The van der Waals surface area contributed by atoms with Gasteiger partial charge in [-0.05, 0) is 18.2 Å². The topological polar surface area (TPSA) is 92.7 Å². The average molecular weight is 320 g/mol. The Balaban J connectivity index is 2.88. The van der Waals surface area contributed by atoms with Gasteiger partial charge in [-0.2, -0.15) is 0 Å². The lowest BCUT2D eigenvalue weighted by molar-refractivity contribution is -0.147. The predicted octanol–water partition coefficient (Wildman–Crippen LogP) is 1.74. The van der Waals surface area contributed by atoms with Crippen molar-refractivity contribution < 1.29 is 24.2 Å². The molecule has 0 aliphatic carbocycles. The maximum absolute atomic E-state index is 11.9. The van der Waals surface area contributed by atoms with Crippen LogP contribution in [0.2, 0.25) is 10.0 Å². The number of amides is 1. The first kappa shape index (κ1) is 16.3. The van der Waals surface area contributed by atoms with Gasteiger partial charge in [0.2, 0.25) is 0 Å². The Morgan fingerprint density at radius 1 is 1.35 bits per heavy atom. The summed E-state index contributed by atoms with van der Waals surface area (Å²) in [5.74, 6) is -2.86. The van der Waals surface area contributed by atoms with E-state index >= 15 is 0 Å². The summed E-state index contributed by atoms with van der Waals surface area (Å²) >= 11 is 11.6. The number of halogens is 2. The molecule has 8 heteroatoms. The lowest BCUT2D eigenvalue weighted by Crippen LogP contribution is -2.42. The van der Waals surface area contributed by atoms with Crippen LogP contribution in [0.25, 0.3) is 0 Å². The molecule has 1 aromatic carbocycles. The molecule has 108 valence electrons. The molecule has 1 amide bonds. The fourth-order valence-electron chi connectivity index (χ4n) is 1.36. The standard InChI is InChI=1S/C12H11Cl2NO5/c1-20-10(16)5-9(12(18)19)15-11(17)7-4-6(13)2-3-8(7)14/h2-4,9H,5H2,1H3,(H,15,17)(H,18,19)/t9-/m0/s1. The van der Waals surface area contributed by atoms with Gasteiger partial charge in [0, 0.05) is 5.02 Å². The minimum Gasteiger partial charge on any atom is -0.480 e. The maximum Gasteiger partial charge on any atom is 0.326 e. The summed E-state index contributed by atoms with van der Waals surface area (Å²) in [6.07, 6.45) is -0.490. The molecule has 0 aliphatic heterocycles. The van der Waals surface area contributed by atoms with E-state index in [-0.39, 0.29) is 15.6 Å². The third-order valence-electron chi connectivity index (χ3n) is 2.37. The number of hydrogen-bond acceptors (Lipinski definition) is 4. The maximum atomic E-state index is 11.9. The molecule has 0 saturated heterocycles. The average Bonchev–Trinajstić information content (AvgIpc) is 2.40. The first-order valence-electron chi connectivity index (χ1n) is 5.40. The molecular weight excluding hydrogens is 309 g/mol. The number of benzene rings is 1. The van der Waals surface area contributed by atoms with Crippen LogP contribution in [-0.2, 0) is 14.3 Å².